The number of ether oxygens (including phenoxy) is 1. The second kappa shape index (κ2) is 8.34. The molecule has 35 heavy (non-hydrogen) atoms. The molecule has 1 aliphatic heterocycles. The highest BCUT2D eigenvalue weighted by Gasteiger charge is 2.49. The van der Waals surface area contributed by atoms with E-state index in [9.17, 15) is 4.79 Å². The van der Waals surface area contributed by atoms with E-state index in [4.69, 9.17) is 20.0 Å². The van der Waals surface area contributed by atoms with E-state index in [1.54, 1.807) is 0 Å². The lowest BCUT2D eigenvalue weighted by Gasteiger charge is -2.22. The zero-order chi connectivity index (χ0) is 24.2. The van der Waals surface area contributed by atoms with Crippen LogP contribution < -0.4 is 5.73 Å². The maximum Gasteiger partial charge on any atom is 0.228 e. The van der Waals surface area contributed by atoms with E-state index < -0.39 is 5.41 Å². The van der Waals surface area contributed by atoms with E-state index >= 15 is 0 Å². The average Bonchev–Trinajstić information content (AvgIpc) is 3.53. The zero-order valence-corrected chi connectivity index (χ0v) is 20.2. The molecule has 4 aromatic rings. The van der Waals surface area contributed by atoms with E-state index in [1.165, 1.54) is 0 Å². The molecule has 1 saturated heterocycles. The molecular weight excluding hydrogens is 440 g/mol. The molecule has 7 heteroatoms. The standard InChI is InChI=1S/C28H30N4O3/c1-17-25(18(2)35-31-17)21-13-24-26(30-14-21)23(16-32(24)15-19-7-11-34-12-8-19)20-3-5-22(6-4-20)28(9-10-28)27(29)33/h3-6,13-14,16,19H,7-12,15H2,1-2H3,(H2,29,33). The minimum absolute atomic E-state index is 0.230. The second-order valence-corrected chi connectivity index (χ2v) is 10.1. The highest BCUT2D eigenvalue weighted by molar-refractivity contribution is 5.95. The van der Waals surface area contributed by atoms with Gasteiger partial charge in [-0.2, -0.15) is 0 Å². The van der Waals surface area contributed by atoms with Gasteiger partial charge < -0.3 is 19.6 Å². The molecule has 1 aliphatic carbocycles. The lowest BCUT2D eigenvalue weighted by Crippen LogP contribution is -2.28. The Labute approximate surface area is 204 Å². The Morgan fingerprint density at radius 2 is 1.89 bits per heavy atom. The number of nitrogens with zero attached hydrogens (tertiary/aromatic N) is 3. The van der Waals surface area contributed by atoms with E-state index in [-0.39, 0.29) is 5.91 Å². The Hall–Kier alpha value is -3.45. The lowest BCUT2D eigenvalue weighted by atomic mass is 9.93. The van der Waals surface area contributed by atoms with Crippen LogP contribution in [0.5, 0.6) is 0 Å². The van der Waals surface area contributed by atoms with Crippen LogP contribution in [-0.2, 0) is 21.5 Å². The number of benzene rings is 1. The SMILES string of the molecule is Cc1noc(C)c1-c1cnc2c(-c3ccc(C4(C(N)=O)CC4)cc3)cn(CC3CCOCC3)c2c1. The molecule has 2 N–H and O–H groups in total. The fourth-order valence-corrected chi connectivity index (χ4v) is 5.54. The third kappa shape index (κ3) is 3.74. The first-order valence-corrected chi connectivity index (χ1v) is 12.4. The van der Waals surface area contributed by atoms with Crippen molar-refractivity contribution in [3.8, 4) is 22.3 Å². The van der Waals surface area contributed by atoms with Gasteiger partial charge in [-0.3, -0.25) is 9.78 Å². The van der Waals surface area contributed by atoms with Crippen LogP contribution in [0.3, 0.4) is 0 Å². The number of carbonyl (C=O) groups excluding carboxylic acids is 1. The van der Waals surface area contributed by atoms with Gasteiger partial charge in [0.05, 0.1) is 22.1 Å². The first-order valence-electron chi connectivity index (χ1n) is 12.4. The van der Waals surface area contributed by atoms with Crippen LogP contribution in [0.1, 0.15) is 42.7 Å². The Bertz CT molecular complexity index is 1390. The summed E-state index contributed by atoms with van der Waals surface area (Å²) in [6.45, 7) is 6.47. The molecule has 1 amide bonds. The Kier molecular flexibility index (Phi) is 5.25. The predicted octanol–water partition coefficient (Wildman–Crippen LogP) is 4.92. The largest absolute Gasteiger partial charge is 0.381 e. The predicted molar refractivity (Wildman–Crippen MR) is 134 cm³/mol. The number of rotatable bonds is 6. The van der Waals surface area contributed by atoms with Gasteiger partial charge in [-0.1, -0.05) is 29.4 Å². The Morgan fingerprint density at radius 3 is 2.51 bits per heavy atom. The monoisotopic (exact) mass is 470 g/mol. The molecular formula is C28H30N4O3. The van der Waals surface area contributed by atoms with Gasteiger partial charge in [0.15, 0.2) is 0 Å². The van der Waals surface area contributed by atoms with Gasteiger partial charge in [0.25, 0.3) is 0 Å². The molecule has 0 unspecified atom stereocenters. The van der Waals surface area contributed by atoms with Crippen molar-refractivity contribution in [1.29, 1.82) is 0 Å². The molecule has 2 fully saturated rings. The maximum absolute atomic E-state index is 12.0. The molecule has 4 heterocycles. The van der Waals surface area contributed by atoms with Crippen molar-refractivity contribution in [2.75, 3.05) is 13.2 Å². The third-order valence-electron chi connectivity index (χ3n) is 7.81. The normalized spacial score (nSPS) is 17.7. The number of carbonyl (C=O) groups is 1. The van der Waals surface area contributed by atoms with Crippen LogP contribution in [0.2, 0.25) is 0 Å². The van der Waals surface area contributed by atoms with Crippen LogP contribution in [0, 0.1) is 19.8 Å². The maximum atomic E-state index is 12.0. The minimum atomic E-state index is -0.475. The van der Waals surface area contributed by atoms with Crippen molar-refractivity contribution < 1.29 is 14.1 Å². The van der Waals surface area contributed by atoms with Gasteiger partial charge in [-0.15, -0.1) is 0 Å². The number of hydrogen-bond acceptors (Lipinski definition) is 5. The summed E-state index contributed by atoms with van der Waals surface area (Å²) in [5, 5.41) is 4.13. The molecule has 3 aromatic heterocycles. The third-order valence-corrected chi connectivity index (χ3v) is 7.81. The van der Waals surface area contributed by atoms with Gasteiger partial charge in [0.1, 0.15) is 5.76 Å². The summed E-state index contributed by atoms with van der Waals surface area (Å²) in [7, 11) is 0. The number of aryl methyl sites for hydroxylation is 2. The summed E-state index contributed by atoms with van der Waals surface area (Å²) in [5.41, 5.74) is 13.3. The summed E-state index contributed by atoms with van der Waals surface area (Å²) in [6.07, 6.45) is 7.93. The quantitative estimate of drug-likeness (QED) is 0.432. The summed E-state index contributed by atoms with van der Waals surface area (Å²) < 4.78 is 13.3. The van der Waals surface area contributed by atoms with Crippen LogP contribution >= 0.6 is 0 Å². The molecule has 2 aliphatic rings. The molecule has 1 aromatic carbocycles. The zero-order valence-electron chi connectivity index (χ0n) is 20.2. The Balaban J connectivity index is 1.44. The fraction of sp³-hybridized carbons (Fsp3) is 0.393. The van der Waals surface area contributed by atoms with Crippen LogP contribution in [0.15, 0.2) is 47.2 Å². The van der Waals surface area contributed by atoms with Gasteiger partial charge in [0.2, 0.25) is 5.91 Å². The molecule has 0 spiro atoms. The van der Waals surface area contributed by atoms with Crippen LogP contribution in [0.25, 0.3) is 33.3 Å². The number of fused-ring (bicyclic) bond motifs is 1. The molecule has 1 saturated carbocycles. The highest BCUT2D eigenvalue weighted by Crippen LogP contribution is 2.48. The van der Waals surface area contributed by atoms with Gasteiger partial charge >= 0.3 is 0 Å². The molecule has 0 radical (unpaired) electrons. The first kappa shape index (κ1) is 22.0. The summed E-state index contributed by atoms with van der Waals surface area (Å²) in [6, 6.07) is 10.5. The second-order valence-electron chi connectivity index (χ2n) is 10.1. The number of amides is 1. The van der Waals surface area contributed by atoms with Crippen molar-refractivity contribution in [1.82, 2.24) is 14.7 Å². The lowest BCUT2D eigenvalue weighted by molar-refractivity contribution is -0.120. The average molecular weight is 471 g/mol. The topological polar surface area (TPSA) is 96.2 Å². The van der Waals surface area contributed by atoms with E-state index in [0.29, 0.717) is 5.92 Å². The van der Waals surface area contributed by atoms with Gasteiger partial charge in [-0.25, -0.2) is 0 Å². The first-order chi connectivity index (χ1) is 17.0. The summed E-state index contributed by atoms with van der Waals surface area (Å²) in [4.78, 5) is 16.9. The molecule has 0 atom stereocenters. The van der Waals surface area contributed by atoms with Crippen LogP contribution in [-0.4, -0.2) is 33.8 Å². The summed E-state index contributed by atoms with van der Waals surface area (Å²) in [5.74, 6) is 1.14. The summed E-state index contributed by atoms with van der Waals surface area (Å²) >= 11 is 0. The number of primary amides is 1. The van der Waals surface area contributed by atoms with E-state index in [2.05, 4.69) is 34.1 Å². The van der Waals surface area contributed by atoms with E-state index in [1.807, 2.05) is 32.2 Å². The van der Waals surface area contributed by atoms with Crippen molar-refractivity contribution in [3.63, 3.8) is 0 Å². The van der Waals surface area contributed by atoms with Crippen molar-refractivity contribution >= 4 is 16.9 Å². The number of nitrogens with two attached hydrogens (primary N) is 1. The molecule has 6 rings (SSSR count). The van der Waals surface area contributed by atoms with Crippen molar-refractivity contribution in [2.24, 2.45) is 11.7 Å². The molecule has 7 nitrogen and oxygen atoms in total. The van der Waals surface area contributed by atoms with Gasteiger partial charge in [-0.05, 0) is 62.6 Å². The number of aromatic nitrogens is 3. The minimum Gasteiger partial charge on any atom is -0.381 e. The fourth-order valence-electron chi connectivity index (χ4n) is 5.54. The van der Waals surface area contributed by atoms with E-state index in [0.717, 1.165) is 95.7 Å². The molecule has 0 bridgehead atoms. The van der Waals surface area contributed by atoms with Crippen molar-refractivity contribution in [2.45, 2.75) is 51.5 Å². The number of hydrogen-bond donors (Lipinski definition) is 1. The number of pyridine rings is 1. The van der Waals surface area contributed by atoms with Crippen molar-refractivity contribution in [3.05, 3.63) is 59.7 Å². The molecule has 180 valence electrons. The van der Waals surface area contributed by atoms with Crippen LogP contribution in [0.4, 0.5) is 0 Å². The van der Waals surface area contributed by atoms with Gasteiger partial charge in [0, 0.05) is 48.8 Å². The Morgan fingerprint density at radius 1 is 1.14 bits per heavy atom. The highest BCUT2D eigenvalue weighted by atomic mass is 16.5. The smallest absolute Gasteiger partial charge is 0.228 e.